The zero-order valence-electron chi connectivity index (χ0n) is 18.8. The summed E-state index contributed by atoms with van der Waals surface area (Å²) < 4.78 is 25.7. The van der Waals surface area contributed by atoms with Crippen LogP contribution < -0.4 is 5.32 Å². The van der Waals surface area contributed by atoms with Gasteiger partial charge in [-0.3, -0.25) is 4.79 Å². The van der Waals surface area contributed by atoms with Crippen LogP contribution in [0, 0.1) is 5.82 Å². The lowest BCUT2D eigenvalue weighted by molar-refractivity contribution is 0.0285. The number of fused-ring (bicyclic) bond motifs is 1. The molecule has 3 aromatic rings. The third kappa shape index (κ3) is 5.63. The Morgan fingerprint density at radius 3 is 2.56 bits per heavy atom. The number of thiophene rings is 1. The van der Waals surface area contributed by atoms with E-state index >= 15 is 0 Å². The van der Waals surface area contributed by atoms with Gasteiger partial charge < -0.3 is 19.7 Å². The van der Waals surface area contributed by atoms with Crippen LogP contribution in [-0.4, -0.2) is 36.7 Å². The van der Waals surface area contributed by atoms with Gasteiger partial charge in [-0.25, -0.2) is 9.18 Å². The molecule has 0 saturated carbocycles. The van der Waals surface area contributed by atoms with E-state index in [0.717, 1.165) is 5.56 Å². The summed E-state index contributed by atoms with van der Waals surface area (Å²) in [5, 5.41) is 3.29. The van der Waals surface area contributed by atoms with E-state index in [9.17, 15) is 14.0 Å². The average Bonchev–Trinajstić information content (AvgIpc) is 3.07. The van der Waals surface area contributed by atoms with Crippen LogP contribution in [0.15, 0.2) is 42.5 Å². The summed E-state index contributed by atoms with van der Waals surface area (Å²) in [5.74, 6) is -0.715. The smallest absolute Gasteiger partial charge is 0.410 e. The van der Waals surface area contributed by atoms with E-state index in [4.69, 9.17) is 9.47 Å². The van der Waals surface area contributed by atoms with E-state index < -0.39 is 11.7 Å². The Balaban J connectivity index is 1.79. The van der Waals surface area contributed by atoms with Crippen molar-refractivity contribution < 1.29 is 23.5 Å². The molecular formula is C24H27FN2O4S. The first kappa shape index (κ1) is 23.7. The highest BCUT2D eigenvalue weighted by Gasteiger charge is 2.22. The maximum absolute atomic E-state index is 14.4. The van der Waals surface area contributed by atoms with Crippen LogP contribution in [-0.2, 0) is 22.6 Å². The summed E-state index contributed by atoms with van der Waals surface area (Å²) in [4.78, 5) is 27.1. The number of nitrogens with zero attached hydrogens (tertiary/aromatic N) is 1. The number of halogens is 1. The Morgan fingerprint density at radius 2 is 1.88 bits per heavy atom. The van der Waals surface area contributed by atoms with Crippen molar-refractivity contribution in [3.63, 3.8) is 0 Å². The first-order valence-corrected chi connectivity index (χ1v) is 10.9. The molecule has 1 heterocycles. The number of amides is 2. The lowest BCUT2D eigenvalue weighted by atomic mass is 10.1. The predicted molar refractivity (Wildman–Crippen MR) is 125 cm³/mol. The van der Waals surface area contributed by atoms with Crippen LogP contribution in [0.5, 0.6) is 0 Å². The van der Waals surface area contributed by atoms with Gasteiger partial charge in [0.05, 0.1) is 11.5 Å². The second kappa shape index (κ2) is 9.67. The van der Waals surface area contributed by atoms with Crippen molar-refractivity contribution in [2.75, 3.05) is 19.5 Å². The molecule has 170 valence electrons. The first-order chi connectivity index (χ1) is 15.1. The van der Waals surface area contributed by atoms with Crippen LogP contribution >= 0.6 is 11.3 Å². The molecule has 0 aliphatic rings. The number of hydrogen-bond acceptors (Lipinski definition) is 5. The van der Waals surface area contributed by atoms with Crippen molar-refractivity contribution in [3.05, 3.63) is 64.3 Å². The van der Waals surface area contributed by atoms with Crippen LogP contribution in [0.3, 0.4) is 0 Å². The monoisotopic (exact) mass is 458 g/mol. The number of rotatable bonds is 6. The normalized spacial score (nSPS) is 11.4. The summed E-state index contributed by atoms with van der Waals surface area (Å²) in [6.07, 6.45) is -0.427. The molecule has 0 bridgehead atoms. The Labute approximate surface area is 190 Å². The lowest BCUT2D eigenvalue weighted by Crippen LogP contribution is -2.33. The number of methoxy groups -OCH3 is 1. The third-order valence-corrected chi connectivity index (χ3v) is 5.76. The molecular weight excluding hydrogens is 431 g/mol. The fourth-order valence-corrected chi connectivity index (χ4v) is 4.36. The van der Waals surface area contributed by atoms with E-state index in [2.05, 4.69) is 5.32 Å². The summed E-state index contributed by atoms with van der Waals surface area (Å²) in [6, 6.07) is 12.0. The summed E-state index contributed by atoms with van der Waals surface area (Å²) in [7, 11) is 3.17. The van der Waals surface area contributed by atoms with Crippen molar-refractivity contribution in [2.24, 2.45) is 0 Å². The number of benzene rings is 2. The van der Waals surface area contributed by atoms with Crippen LogP contribution in [0.1, 0.15) is 41.6 Å². The van der Waals surface area contributed by atoms with E-state index in [-0.39, 0.29) is 18.3 Å². The van der Waals surface area contributed by atoms with Crippen molar-refractivity contribution in [1.82, 2.24) is 4.90 Å². The minimum absolute atomic E-state index is 0.129. The summed E-state index contributed by atoms with van der Waals surface area (Å²) in [5.41, 5.74) is 1.36. The molecule has 0 spiro atoms. The van der Waals surface area contributed by atoms with Gasteiger partial charge in [-0.05, 0) is 50.6 Å². The fourth-order valence-electron chi connectivity index (χ4n) is 3.25. The predicted octanol–water partition coefficient (Wildman–Crippen LogP) is 5.81. The number of carbonyl (C=O) groups excluding carboxylic acids is 2. The van der Waals surface area contributed by atoms with Gasteiger partial charge >= 0.3 is 6.09 Å². The van der Waals surface area contributed by atoms with Gasteiger partial charge in [-0.15, -0.1) is 11.3 Å². The number of nitrogens with one attached hydrogen (secondary N) is 1. The van der Waals surface area contributed by atoms with Gasteiger partial charge in [0.15, 0.2) is 0 Å². The van der Waals surface area contributed by atoms with Crippen LogP contribution in [0.4, 0.5) is 14.9 Å². The lowest BCUT2D eigenvalue weighted by Gasteiger charge is -2.24. The first-order valence-electron chi connectivity index (χ1n) is 10.1. The average molecular weight is 459 g/mol. The molecule has 0 saturated heterocycles. The Morgan fingerprint density at radius 1 is 1.16 bits per heavy atom. The molecule has 0 fully saturated rings. The van der Waals surface area contributed by atoms with Crippen molar-refractivity contribution in [1.29, 1.82) is 0 Å². The minimum Gasteiger partial charge on any atom is -0.444 e. The Kier molecular flexibility index (Phi) is 7.16. The number of carbonyl (C=O) groups is 2. The number of ether oxygens (including phenoxy) is 2. The van der Waals surface area contributed by atoms with Crippen molar-refractivity contribution in [3.8, 4) is 0 Å². The molecule has 0 aliphatic heterocycles. The second-order valence-electron chi connectivity index (χ2n) is 8.45. The van der Waals surface area contributed by atoms with Gasteiger partial charge in [0.2, 0.25) is 0 Å². The molecule has 1 aromatic heterocycles. The molecule has 2 aromatic carbocycles. The maximum atomic E-state index is 14.4. The van der Waals surface area contributed by atoms with E-state index in [1.165, 1.54) is 29.4 Å². The van der Waals surface area contributed by atoms with Crippen molar-refractivity contribution in [2.45, 2.75) is 39.5 Å². The molecule has 1 N–H and O–H groups in total. The van der Waals surface area contributed by atoms with Gasteiger partial charge in [0.25, 0.3) is 5.91 Å². The molecule has 2 amide bonds. The van der Waals surface area contributed by atoms with Crippen molar-refractivity contribution >= 4 is 39.1 Å². The quantitative estimate of drug-likeness (QED) is 0.506. The molecule has 0 atom stereocenters. The van der Waals surface area contributed by atoms with Gasteiger partial charge in [-0.2, -0.15) is 0 Å². The highest BCUT2D eigenvalue weighted by molar-refractivity contribution is 7.21. The molecule has 3 rings (SSSR count). The van der Waals surface area contributed by atoms with Gasteiger partial charge in [0, 0.05) is 42.0 Å². The standard InChI is InChI=1S/C24H27FN2O4S/c1-24(2,3)31-23(29)27(4)13-15-8-6-9-16(12-15)26-22(28)21-17(14-30-5)20-18(25)10-7-11-19(20)32-21/h6-12H,13-14H2,1-5H3,(H,26,28). The Bertz CT molecular complexity index is 1140. The van der Waals surface area contributed by atoms with Gasteiger partial charge in [-0.1, -0.05) is 18.2 Å². The SMILES string of the molecule is COCc1c(C(=O)Nc2cccc(CN(C)C(=O)OC(C)(C)C)c2)sc2cccc(F)c12. The molecule has 32 heavy (non-hydrogen) atoms. The highest BCUT2D eigenvalue weighted by Crippen LogP contribution is 2.34. The number of hydrogen-bond donors (Lipinski definition) is 1. The van der Waals surface area contributed by atoms with Crippen LogP contribution in [0.25, 0.3) is 10.1 Å². The summed E-state index contributed by atoms with van der Waals surface area (Å²) >= 11 is 1.23. The second-order valence-corrected chi connectivity index (χ2v) is 9.50. The zero-order chi connectivity index (χ0) is 23.5. The van der Waals surface area contributed by atoms with Crippen LogP contribution in [0.2, 0.25) is 0 Å². The van der Waals surface area contributed by atoms with E-state index in [1.807, 2.05) is 26.8 Å². The fraction of sp³-hybridized carbons (Fsp3) is 0.333. The largest absolute Gasteiger partial charge is 0.444 e. The highest BCUT2D eigenvalue weighted by atomic mass is 32.1. The topological polar surface area (TPSA) is 67.9 Å². The zero-order valence-corrected chi connectivity index (χ0v) is 19.6. The Hall–Kier alpha value is -2.97. The third-order valence-electron chi connectivity index (χ3n) is 4.57. The van der Waals surface area contributed by atoms with E-state index in [1.54, 1.807) is 37.4 Å². The number of anilines is 1. The molecule has 0 radical (unpaired) electrons. The van der Waals surface area contributed by atoms with Gasteiger partial charge in [0.1, 0.15) is 11.4 Å². The molecule has 0 aliphatic carbocycles. The molecule has 6 nitrogen and oxygen atoms in total. The molecule has 0 unspecified atom stereocenters. The minimum atomic E-state index is -0.579. The summed E-state index contributed by atoms with van der Waals surface area (Å²) in [6.45, 7) is 5.89. The van der Waals surface area contributed by atoms with E-state index in [0.29, 0.717) is 32.8 Å². The molecule has 8 heteroatoms. The maximum Gasteiger partial charge on any atom is 0.410 e.